The molecule has 2 aromatic rings. The average molecular weight is 331 g/mol. The molecule has 0 unspecified atom stereocenters. The van der Waals surface area contributed by atoms with E-state index in [1.807, 2.05) is 31.2 Å². The molecule has 0 fully saturated rings. The molecule has 4 nitrogen and oxygen atoms in total. The minimum atomic E-state index is -3.62. The van der Waals surface area contributed by atoms with Gasteiger partial charge in [0.1, 0.15) is 5.75 Å². The Kier molecular flexibility index (Phi) is 5.58. The van der Waals surface area contributed by atoms with Gasteiger partial charge in [0.05, 0.1) is 18.0 Å². The summed E-state index contributed by atoms with van der Waals surface area (Å²) >= 11 is 0. The van der Waals surface area contributed by atoms with Crippen molar-refractivity contribution in [3.63, 3.8) is 0 Å². The molecule has 0 aliphatic rings. The number of rotatable bonds is 7. The second-order valence-electron chi connectivity index (χ2n) is 5.28. The molecular weight excluding hydrogens is 310 g/mol. The third kappa shape index (κ3) is 4.21. The van der Waals surface area contributed by atoms with E-state index >= 15 is 0 Å². The van der Waals surface area contributed by atoms with E-state index < -0.39 is 16.1 Å². The molecule has 0 heterocycles. The number of benzene rings is 2. The lowest BCUT2D eigenvalue weighted by Crippen LogP contribution is -2.32. The van der Waals surface area contributed by atoms with Crippen LogP contribution in [-0.2, 0) is 10.0 Å². The standard InChI is InChI=1S/C18H21NO3S/c1-4-14(2)18(15-9-8-10-16(13-15)22-3)19-23(20,21)17-11-6-5-7-12-17/h4-14,18-19H,1H2,2-3H3/t14-,18+/m1/s1. The van der Waals surface area contributed by atoms with Crippen LogP contribution in [0.25, 0.3) is 0 Å². The van der Waals surface area contributed by atoms with Gasteiger partial charge in [0, 0.05) is 0 Å². The van der Waals surface area contributed by atoms with Crippen molar-refractivity contribution in [2.75, 3.05) is 7.11 Å². The number of hydrogen-bond donors (Lipinski definition) is 1. The zero-order valence-corrected chi connectivity index (χ0v) is 14.1. The molecule has 0 amide bonds. The average Bonchev–Trinajstić information content (AvgIpc) is 2.60. The zero-order chi connectivity index (χ0) is 16.9. The van der Waals surface area contributed by atoms with E-state index in [9.17, 15) is 8.42 Å². The predicted molar refractivity (Wildman–Crippen MR) is 91.9 cm³/mol. The van der Waals surface area contributed by atoms with Crippen molar-refractivity contribution >= 4 is 10.0 Å². The van der Waals surface area contributed by atoms with Gasteiger partial charge in [0.2, 0.25) is 10.0 Å². The van der Waals surface area contributed by atoms with E-state index in [0.717, 1.165) is 5.56 Å². The highest BCUT2D eigenvalue weighted by molar-refractivity contribution is 7.89. The highest BCUT2D eigenvalue weighted by Gasteiger charge is 2.24. The highest BCUT2D eigenvalue weighted by atomic mass is 32.2. The third-order valence-electron chi connectivity index (χ3n) is 3.69. The van der Waals surface area contributed by atoms with Crippen LogP contribution in [0.1, 0.15) is 18.5 Å². The summed E-state index contributed by atoms with van der Waals surface area (Å²) < 4.78 is 33.2. The van der Waals surface area contributed by atoms with Gasteiger partial charge >= 0.3 is 0 Å². The number of methoxy groups -OCH3 is 1. The van der Waals surface area contributed by atoms with Gasteiger partial charge in [0.15, 0.2) is 0 Å². The Morgan fingerprint density at radius 2 is 1.83 bits per heavy atom. The van der Waals surface area contributed by atoms with E-state index in [-0.39, 0.29) is 10.8 Å². The fourth-order valence-electron chi connectivity index (χ4n) is 2.28. The Hall–Kier alpha value is -2.11. The molecule has 0 spiro atoms. The largest absolute Gasteiger partial charge is 0.497 e. The summed E-state index contributed by atoms with van der Waals surface area (Å²) in [5.74, 6) is 0.600. The maximum absolute atomic E-state index is 12.6. The second-order valence-corrected chi connectivity index (χ2v) is 7.00. The van der Waals surface area contributed by atoms with Crippen molar-refractivity contribution in [2.24, 2.45) is 5.92 Å². The van der Waals surface area contributed by atoms with Crippen LogP contribution < -0.4 is 9.46 Å². The van der Waals surface area contributed by atoms with Crippen LogP contribution in [0.5, 0.6) is 5.75 Å². The van der Waals surface area contributed by atoms with Crippen LogP contribution in [0.15, 0.2) is 72.1 Å². The van der Waals surface area contributed by atoms with Crippen molar-refractivity contribution in [1.29, 1.82) is 0 Å². The summed E-state index contributed by atoms with van der Waals surface area (Å²) in [5.41, 5.74) is 0.830. The minimum absolute atomic E-state index is 0.0828. The molecule has 0 saturated heterocycles. The number of sulfonamides is 1. The molecule has 1 N–H and O–H groups in total. The van der Waals surface area contributed by atoms with Gasteiger partial charge < -0.3 is 4.74 Å². The van der Waals surface area contributed by atoms with Gasteiger partial charge in [-0.1, -0.05) is 43.3 Å². The molecule has 23 heavy (non-hydrogen) atoms. The molecule has 0 bridgehead atoms. The first-order chi connectivity index (χ1) is 11.0. The molecule has 0 aliphatic heterocycles. The van der Waals surface area contributed by atoms with E-state index in [0.29, 0.717) is 5.75 Å². The lowest BCUT2D eigenvalue weighted by Gasteiger charge is -2.23. The maximum atomic E-state index is 12.6. The molecule has 2 atom stereocenters. The third-order valence-corrected chi connectivity index (χ3v) is 5.14. The van der Waals surface area contributed by atoms with Crippen LogP contribution in [0.4, 0.5) is 0 Å². The van der Waals surface area contributed by atoms with Gasteiger partial charge in [-0.05, 0) is 35.7 Å². The van der Waals surface area contributed by atoms with Crippen molar-refractivity contribution in [2.45, 2.75) is 17.9 Å². The summed E-state index contributed by atoms with van der Waals surface area (Å²) in [5, 5.41) is 0. The minimum Gasteiger partial charge on any atom is -0.497 e. The SMILES string of the molecule is C=C[C@@H](C)[C@H](NS(=O)(=O)c1ccccc1)c1cccc(OC)c1. The maximum Gasteiger partial charge on any atom is 0.241 e. The summed E-state index contributed by atoms with van der Waals surface area (Å²) in [6.45, 7) is 5.71. The molecule has 0 radical (unpaired) electrons. The van der Waals surface area contributed by atoms with Crippen molar-refractivity contribution < 1.29 is 13.2 Å². The predicted octanol–water partition coefficient (Wildman–Crippen LogP) is 3.54. The van der Waals surface area contributed by atoms with Crippen LogP contribution in [0, 0.1) is 5.92 Å². The molecule has 0 saturated carbocycles. The normalized spacial score (nSPS) is 14.0. The topological polar surface area (TPSA) is 55.4 Å². The molecule has 2 rings (SSSR count). The molecule has 0 aliphatic carbocycles. The number of nitrogens with one attached hydrogen (secondary N) is 1. The Morgan fingerprint density at radius 1 is 1.13 bits per heavy atom. The summed E-state index contributed by atoms with van der Waals surface area (Å²) in [6.07, 6.45) is 1.73. The molecule has 2 aromatic carbocycles. The summed E-state index contributed by atoms with van der Waals surface area (Å²) in [7, 11) is -2.04. The van der Waals surface area contributed by atoms with E-state index in [4.69, 9.17) is 4.74 Å². The van der Waals surface area contributed by atoms with Crippen LogP contribution in [0.3, 0.4) is 0 Å². The highest BCUT2D eigenvalue weighted by Crippen LogP contribution is 2.27. The van der Waals surface area contributed by atoms with Gasteiger partial charge in [0.25, 0.3) is 0 Å². The van der Waals surface area contributed by atoms with E-state index in [1.165, 1.54) is 0 Å². The number of ether oxygens (including phenoxy) is 1. The molecule has 122 valence electrons. The van der Waals surface area contributed by atoms with Crippen molar-refractivity contribution in [3.8, 4) is 5.75 Å². The fourth-order valence-corrected chi connectivity index (χ4v) is 3.62. The van der Waals surface area contributed by atoms with Crippen molar-refractivity contribution in [1.82, 2.24) is 4.72 Å². The van der Waals surface area contributed by atoms with E-state index in [1.54, 1.807) is 43.5 Å². The number of hydrogen-bond acceptors (Lipinski definition) is 3. The van der Waals surface area contributed by atoms with Crippen molar-refractivity contribution in [3.05, 3.63) is 72.8 Å². The molecule has 0 aromatic heterocycles. The van der Waals surface area contributed by atoms with Gasteiger partial charge in [-0.25, -0.2) is 13.1 Å². The Morgan fingerprint density at radius 3 is 2.43 bits per heavy atom. The Labute approximate surface area is 137 Å². The monoisotopic (exact) mass is 331 g/mol. The smallest absolute Gasteiger partial charge is 0.241 e. The molecular formula is C18H21NO3S. The first-order valence-corrected chi connectivity index (χ1v) is 8.80. The first kappa shape index (κ1) is 17.2. The van der Waals surface area contributed by atoms with Gasteiger partial charge in [-0.2, -0.15) is 0 Å². The molecule has 5 heteroatoms. The van der Waals surface area contributed by atoms with Crippen LogP contribution in [-0.4, -0.2) is 15.5 Å². The van der Waals surface area contributed by atoms with Gasteiger partial charge in [-0.3, -0.25) is 0 Å². The van der Waals surface area contributed by atoms with E-state index in [2.05, 4.69) is 11.3 Å². The quantitative estimate of drug-likeness (QED) is 0.790. The lowest BCUT2D eigenvalue weighted by molar-refractivity contribution is 0.412. The Balaban J connectivity index is 2.38. The Bertz CT molecular complexity index is 757. The second kappa shape index (κ2) is 7.44. The fraction of sp³-hybridized carbons (Fsp3) is 0.222. The summed E-state index contributed by atoms with van der Waals surface area (Å²) in [6, 6.07) is 15.3. The van der Waals surface area contributed by atoms with Crippen LogP contribution >= 0.6 is 0 Å². The first-order valence-electron chi connectivity index (χ1n) is 7.32. The van der Waals surface area contributed by atoms with Gasteiger partial charge in [-0.15, -0.1) is 6.58 Å². The lowest BCUT2D eigenvalue weighted by atomic mass is 9.95. The zero-order valence-electron chi connectivity index (χ0n) is 13.3. The van der Waals surface area contributed by atoms with Crippen LogP contribution in [0.2, 0.25) is 0 Å². The summed E-state index contributed by atoms with van der Waals surface area (Å²) in [4.78, 5) is 0.240.